The molecule has 0 spiro atoms. The average Bonchev–Trinajstić information content (AvgIpc) is 2.47. The highest BCUT2D eigenvalue weighted by Gasteiger charge is 2.68. The summed E-state index contributed by atoms with van der Waals surface area (Å²) < 4.78 is 56.8. The van der Waals surface area contributed by atoms with Crippen LogP contribution in [0.15, 0.2) is 42.5 Å². The molecule has 2 aromatic rings. The van der Waals surface area contributed by atoms with Gasteiger partial charge in [0.1, 0.15) is 5.75 Å². The van der Waals surface area contributed by atoms with E-state index in [9.17, 15) is 27.2 Å². The van der Waals surface area contributed by atoms with Gasteiger partial charge in [-0.2, -0.15) is 17.6 Å². The zero-order valence-electron chi connectivity index (χ0n) is 10.7. The van der Waals surface area contributed by atoms with E-state index in [4.69, 9.17) is 5.11 Å². The Labute approximate surface area is 120 Å². The number of alkyl halides is 4. The Hall–Kier alpha value is -2.64. The first-order chi connectivity index (χ1) is 10.2. The molecule has 0 atom stereocenters. The summed E-state index contributed by atoms with van der Waals surface area (Å²) in [5.41, 5.74) is 0. The van der Waals surface area contributed by atoms with Gasteiger partial charge in [-0.3, -0.25) is 0 Å². The molecule has 0 aliphatic heterocycles. The van der Waals surface area contributed by atoms with E-state index in [2.05, 4.69) is 4.74 Å². The summed E-state index contributed by atoms with van der Waals surface area (Å²) in [5, 5.41) is 8.90. The van der Waals surface area contributed by atoms with Crippen LogP contribution in [0.1, 0.15) is 0 Å². The SMILES string of the molecule is O=C(O)C(F)(F)C(F)(F)C(=O)Oc1cccc2ccccc12. The first kappa shape index (κ1) is 15.7. The molecule has 0 heterocycles. The van der Waals surface area contributed by atoms with Crippen LogP contribution in [-0.4, -0.2) is 28.9 Å². The normalized spacial score (nSPS) is 12.2. The van der Waals surface area contributed by atoms with Crippen molar-refractivity contribution >= 4 is 22.7 Å². The average molecular weight is 316 g/mol. The van der Waals surface area contributed by atoms with Crippen molar-refractivity contribution in [3.05, 3.63) is 42.5 Å². The molecule has 0 saturated carbocycles. The molecule has 0 fully saturated rings. The summed E-state index contributed by atoms with van der Waals surface area (Å²) in [6, 6.07) is 10.3. The lowest BCUT2D eigenvalue weighted by atomic mass is 10.1. The number of halogens is 4. The maximum atomic E-state index is 13.3. The lowest BCUT2D eigenvalue weighted by molar-refractivity contribution is -0.229. The number of carboxylic acids is 1. The van der Waals surface area contributed by atoms with Crippen LogP contribution in [0.4, 0.5) is 17.6 Å². The second kappa shape index (κ2) is 5.28. The van der Waals surface area contributed by atoms with E-state index < -0.39 is 23.8 Å². The molecule has 1 N–H and O–H groups in total. The summed E-state index contributed by atoms with van der Waals surface area (Å²) in [6.07, 6.45) is 0. The fourth-order valence-corrected chi connectivity index (χ4v) is 1.71. The molecular formula is C14H8F4O4. The number of hydrogen-bond donors (Lipinski definition) is 1. The van der Waals surface area contributed by atoms with Crippen LogP contribution in [0.2, 0.25) is 0 Å². The van der Waals surface area contributed by atoms with E-state index in [1.807, 2.05) is 0 Å². The minimum absolute atomic E-state index is 0.243. The molecule has 0 aliphatic rings. The lowest BCUT2D eigenvalue weighted by Crippen LogP contribution is -2.53. The number of rotatable bonds is 4. The highest BCUT2D eigenvalue weighted by Crippen LogP contribution is 2.36. The molecule has 0 aliphatic carbocycles. The van der Waals surface area contributed by atoms with Gasteiger partial charge in [0.15, 0.2) is 0 Å². The second-order valence-electron chi connectivity index (χ2n) is 4.32. The maximum Gasteiger partial charge on any atom is 0.416 e. The molecule has 0 unspecified atom stereocenters. The van der Waals surface area contributed by atoms with Crippen molar-refractivity contribution in [2.24, 2.45) is 0 Å². The van der Waals surface area contributed by atoms with E-state index in [0.29, 0.717) is 5.39 Å². The first-order valence-corrected chi connectivity index (χ1v) is 5.87. The van der Waals surface area contributed by atoms with Crippen molar-refractivity contribution < 1.29 is 37.0 Å². The predicted octanol–water partition coefficient (Wildman–Crippen LogP) is 3.10. The number of aliphatic carboxylic acids is 1. The van der Waals surface area contributed by atoms with Gasteiger partial charge < -0.3 is 9.84 Å². The predicted molar refractivity (Wildman–Crippen MR) is 67.1 cm³/mol. The highest BCUT2D eigenvalue weighted by atomic mass is 19.3. The summed E-state index contributed by atoms with van der Waals surface area (Å²) in [6.45, 7) is 0. The topological polar surface area (TPSA) is 63.6 Å². The number of carbonyl (C=O) groups is 2. The van der Waals surface area contributed by atoms with E-state index in [1.54, 1.807) is 18.2 Å². The van der Waals surface area contributed by atoms with Gasteiger partial charge in [-0.25, -0.2) is 9.59 Å². The molecule has 0 aromatic heterocycles. The van der Waals surface area contributed by atoms with Gasteiger partial charge in [-0.05, 0) is 11.5 Å². The van der Waals surface area contributed by atoms with Crippen LogP contribution in [0.5, 0.6) is 5.75 Å². The van der Waals surface area contributed by atoms with Crippen molar-refractivity contribution in [2.45, 2.75) is 11.8 Å². The number of carbonyl (C=O) groups excluding carboxylic acids is 1. The van der Waals surface area contributed by atoms with Crippen LogP contribution in [0, 0.1) is 0 Å². The third kappa shape index (κ3) is 2.47. The number of fused-ring (bicyclic) bond motifs is 1. The van der Waals surface area contributed by atoms with Gasteiger partial charge in [0.2, 0.25) is 0 Å². The van der Waals surface area contributed by atoms with Crippen LogP contribution < -0.4 is 4.74 Å². The Kier molecular flexibility index (Phi) is 3.78. The molecule has 0 saturated heterocycles. The minimum atomic E-state index is -5.57. The Morgan fingerprint density at radius 3 is 2.14 bits per heavy atom. The molecule has 8 heteroatoms. The van der Waals surface area contributed by atoms with Gasteiger partial charge in [0, 0.05) is 5.39 Å². The Morgan fingerprint density at radius 2 is 1.50 bits per heavy atom. The first-order valence-electron chi connectivity index (χ1n) is 5.87. The van der Waals surface area contributed by atoms with Crippen molar-refractivity contribution in [3.8, 4) is 5.75 Å². The number of benzene rings is 2. The zero-order valence-corrected chi connectivity index (χ0v) is 10.7. The van der Waals surface area contributed by atoms with Crippen molar-refractivity contribution in [2.75, 3.05) is 0 Å². The maximum absolute atomic E-state index is 13.3. The lowest BCUT2D eigenvalue weighted by Gasteiger charge is -2.21. The summed E-state index contributed by atoms with van der Waals surface area (Å²) >= 11 is 0. The zero-order chi connectivity index (χ0) is 16.5. The summed E-state index contributed by atoms with van der Waals surface area (Å²) in [7, 11) is 0. The fourth-order valence-electron chi connectivity index (χ4n) is 1.71. The van der Waals surface area contributed by atoms with Crippen molar-refractivity contribution in [1.82, 2.24) is 0 Å². The van der Waals surface area contributed by atoms with E-state index >= 15 is 0 Å². The van der Waals surface area contributed by atoms with Gasteiger partial charge in [-0.1, -0.05) is 36.4 Å². The van der Waals surface area contributed by atoms with Crippen molar-refractivity contribution in [3.63, 3.8) is 0 Å². The van der Waals surface area contributed by atoms with Gasteiger partial charge in [0.25, 0.3) is 0 Å². The fraction of sp³-hybridized carbons (Fsp3) is 0.143. The molecule has 0 bridgehead atoms. The van der Waals surface area contributed by atoms with Crippen LogP contribution >= 0.6 is 0 Å². The van der Waals surface area contributed by atoms with E-state index in [-0.39, 0.29) is 11.1 Å². The van der Waals surface area contributed by atoms with Crippen LogP contribution in [0.25, 0.3) is 10.8 Å². The third-order valence-electron chi connectivity index (χ3n) is 2.87. The molecular weight excluding hydrogens is 308 g/mol. The molecule has 4 nitrogen and oxygen atoms in total. The number of esters is 1. The summed E-state index contributed by atoms with van der Waals surface area (Å²) in [5.74, 6) is -17.2. The number of carboxylic acid groups (broad SMARTS) is 1. The Balaban J connectivity index is 2.37. The van der Waals surface area contributed by atoms with Gasteiger partial charge in [-0.15, -0.1) is 0 Å². The van der Waals surface area contributed by atoms with Crippen LogP contribution in [0.3, 0.4) is 0 Å². The minimum Gasteiger partial charge on any atom is -0.477 e. The van der Waals surface area contributed by atoms with Crippen molar-refractivity contribution in [1.29, 1.82) is 0 Å². The van der Waals surface area contributed by atoms with E-state index in [0.717, 1.165) is 6.07 Å². The molecule has 2 aromatic carbocycles. The largest absolute Gasteiger partial charge is 0.477 e. The highest BCUT2D eigenvalue weighted by molar-refractivity contribution is 5.94. The molecule has 0 amide bonds. The third-order valence-corrected chi connectivity index (χ3v) is 2.87. The molecule has 22 heavy (non-hydrogen) atoms. The number of ether oxygens (including phenoxy) is 1. The standard InChI is InChI=1S/C14H8F4O4/c15-13(16,11(19)20)14(17,18)12(21)22-10-7-3-5-8-4-1-2-6-9(8)10/h1-7H,(H,19,20). The Morgan fingerprint density at radius 1 is 0.909 bits per heavy atom. The van der Waals surface area contributed by atoms with Crippen LogP contribution in [-0.2, 0) is 9.59 Å². The van der Waals surface area contributed by atoms with Gasteiger partial charge >= 0.3 is 23.8 Å². The monoisotopic (exact) mass is 316 g/mol. The second-order valence-corrected chi connectivity index (χ2v) is 4.32. The summed E-state index contributed by atoms with van der Waals surface area (Å²) in [4.78, 5) is 21.5. The van der Waals surface area contributed by atoms with E-state index in [1.165, 1.54) is 18.2 Å². The quantitative estimate of drug-likeness (QED) is 0.535. The molecule has 116 valence electrons. The smallest absolute Gasteiger partial charge is 0.416 e. The molecule has 2 rings (SSSR count). The molecule has 0 radical (unpaired) electrons. The van der Waals surface area contributed by atoms with Gasteiger partial charge in [0.05, 0.1) is 0 Å². The number of hydrogen-bond acceptors (Lipinski definition) is 3. The Bertz CT molecular complexity index is 737.